The van der Waals surface area contributed by atoms with Crippen LogP contribution in [0.2, 0.25) is 5.02 Å². The molecule has 0 aliphatic heterocycles. The molecule has 1 atom stereocenters. The number of carbonyl (C=O) groups excluding carboxylic acids is 2. The van der Waals surface area contributed by atoms with Crippen LogP contribution in [-0.2, 0) is 12.6 Å². The Bertz CT molecular complexity index is 1430. The largest absolute Gasteiger partial charge is 0.417 e. The van der Waals surface area contributed by atoms with Gasteiger partial charge in [0.05, 0.1) is 32.6 Å². The Kier molecular flexibility index (Phi) is 7.32. The Morgan fingerprint density at radius 3 is 2.61 bits per heavy atom. The van der Waals surface area contributed by atoms with Gasteiger partial charge in [-0.05, 0) is 25.1 Å². The average molecular weight is 534 g/mol. The van der Waals surface area contributed by atoms with Crippen LogP contribution in [0.25, 0.3) is 5.82 Å². The molecule has 4 heterocycles. The van der Waals surface area contributed by atoms with Gasteiger partial charge in [-0.15, -0.1) is 11.3 Å². The van der Waals surface area contributed by atoms with Gasteiger partial charge in [-0.25, -0.2) is 15.0 Å². The van der Waals surface area contributed by atoms with Gasteiger partial charge >= 0.3 is 6.18 Å². The number of rotatable bonds is 8. The number of Topliss-reactive ketones (excluding diaryl/α,β-unsaturated/α-hetero) is 2. The van der Waals surface area contributed by atoms with E-state index in [-0.39, 0.29) is 35.1 Å². The van der Waals surface area contributed by atoms with Gasteiger partial charge in [0.25, 0.3) is 0 Å². The zero-order valence-corrected chi connectivity index (χ0v) is 20.7. The van der Waals surface area contributed by atoms with Crippen molar-refractivity contribution in [2.24, 2.45) is 0 Å². The van der Waals surface area contributed by atoms with E-state index in [0.29, 0.717) is 16.5 Å². The van der Waals surface area contributed by atoms with Gasteiger partial charge in [0.2, 0.25) is 0 Å². The third kappa shape index (κ3) is 5.85. The standard InChI is InChI=1S/C24H19ClF3N5O2S/c1-13(6-19(34)18-4-3-5-22(32-18)33-11-14(2)31-12-33)23-30-10-21(36-23)20(35)8-15-7-16(24(26,27)28)17(25)9-29-15/h3-5,7,9-13H,6,8H2,1-2H3/t13-/m0/s1. The van der Waals surface area contributed by atoms with Crippen molar-refractivity contribution >= 4 is 34.5 Å². The summed E-state index contributed by atoms with van der Waals surface area (Å²) >= 11 is 6.69. The van der Waals surface area contributed by atoms with Crippen LogP contribution < -0.4 is 0 Å². The van der Waals surface area contributed by atoms with Gasteiger partial charge in [0.1, 0.15) is 17.8 Å². The van der Waals surface area contributed by atoms with E-state index < -0.39 is 22.5 Å². The summed E-state index contributed by atoms with van der Waals surface area (Å²) in [7, 11) is 0. The second-order valence-corrected chi connectivity index (χ2v) is 9.62. The minimum Gasteiger partial charge on any atom is -0.293 e. The predicted octanol–water partition coefficient (Wildman–Crippen LogP) is 5.90. The lowest BCUT2D eigenvalue weighted by atomic mass is 10.0. The number of ketones is 2. The zero-order chi connectivity index (χ0) is 26.0. The molecule has 0 unspecified atom stereocenters. The molecule has 0 aliphatic rings. The molecule has 186 valence electrons. The molecule has 4 aromatic heterocycles. The quantitative estimate of drug-likeness (QED) is 0.262. The topological polar surface area (TPSA) is 90.6 Å². The predicted molar refractivity (Wildman–Crippen MR) is 128 cm³/mol. The van der Waals surface area contributed by atoms with Crippen molar-refractivity contribution in [3.05, 3.63) is 86.7 Å². The van der Waals surface area contributed by atoms with E-state index in [9.17, 15) is 22.8 Å². The summed E-state index contributed by atoms with van der Waals surface area (Å²) in [6, 6.07) is 5.92. The van der Waals surface area contributed by atoms with E-state index in [1.165, 1.54) is 6.20 Å². The number of halogens is 4. The van der Waals surface area contributed by atoms with E-state index in [4.69, 9.17) is 11.6 Å². The summed E-state index contributed by atoms with van der Waals surface area (Å²) in [5.74, 6) is -0.337. The van der Waals surface area contributed by atoms with E-state index in [1.807, 2.05) is 13.8 Å². The molecule has 36 heavy (non-hydrogen) atoms. The van der Waals surface area contributed by atoms with Crippen molar-refractivity contribution in [2.75, 3.05) is 0 Å². The second kappa shape index (κ2) is 10.3. The molecular formula is C24H19ClF3N5O2S. The third-order valence-electron chi connectivity index (χ3n) is 5.27. The average Bonchev–Trinajstić information content (AvgIpc) is 3.49. The Labute approximate surface area is 213 Å². The van der Waals surface area contributed by atoms with E-state index >= 15 is 0 Å². The maximum Gasteiger partial charge on any atom is 0.417 e. The Balaban J connectivity index is 1.43. The maximum atomic E-state index is 13.1. The molecule has 0 aliphatic carbocycles. The first kappa shape index (κ1) is 25.6. The number of thiazole rings is 1. The van der Waals surface area contributed by atoms with Crippen LogP contribution in [0.15, 0.2) is 49.2 Å². The molecule has 0 fully saturated rings. The summed E-state index contributed by atoms with van der Waals surface area (Å²) in [5, 5.41) is 0.0329. The number of aromatic nitrogens is 5. The van der Waals surface area contributed by atoms with Gasteiger partial charge in [-0.1, -0.05) is 24.6 Å². The molecule has 0 amide bonds. The fourth-order valence-electron chi connectivity index (χ4n) is 3.43. The highest BCUT2D eigenvalue weighted by atomic mass is 35.5. The molecule has 0 aromatic carbocycles. The minimum atomic E-state index is -4.65. The summed E-state index contributed by atoms with van der Waals surface area (Å²) in [5.41, 5.74) is 0.0330. The molecule has 4 rings (SSSR count). The normalized spacial score (nSPS) is 12.5. The van der Waals surface area contributed by atoms with Gasteiger partial charge in [0.15, 0.2) is 11.6 Å². The molecule has 0 bridgehead atoms. The smallest absolute Gasteiger partial charge is 0.293 e. The second-order valence-electron chi connectivity index (χ2n) is 8.15. The van der Waals surface area contributed by atoms with Crippen molar-refractivity contribution in [1.82, 2.24) is 24.5 Å². The number of hydrogen-bond donors (Lipinski definition) is 0. The SMILES string of the molecule is Cc1cn(-c2cccc(C(=O)C[C@H](C)c3ncc(C(=O)Cc4cc(C(F)(F)F)c(Cl)cn4)s3)n2)cn1. The van der Waals surface area contributed by atoms with Crippen LogP contribution in [0.4, 0.5) is 13.2 Å². The first-order valence-electron chi connectivity index (χ1n) is 10.7. The summed E-state index contributed by atoms with van der Waals surface area (Å²) in [4.78, 5) is 42.4. The molecule has 12 heteroatoms. The number of carbonyl (C=O) groups is 2. The number of imidazole rings is 1. The number of pyridine rings is 2. The van der Waals surface area contributed by atoms with Crippen molar-refractivity contribution < 1.29 is 22.8 Å². The Hall–Kier alpha value is -3.44. The van der Waals surface area contributed by atoms with Gasteiger partial charge in [-0.3, -0.25) is 19.1 Å². The fraction of sp³-hybridized carbons (Fsp3) is 0.250. The van der Waals surface area contributed by atoms with Crippen LogP contribution in [0.3, 0.4) is 0 Å². The lowest BCUT2D eigenvalue weighted by Crippen LogP contribution is -2.10. The molecule has 7 nitrogen and oxygen atoms in total. The zero-order valence-electron chi connectivity index (χ0n) is 19.1. The Morgan fingerprint density at radius 1 is 1.14 bits per heavy atom. The highest BCUT2D eigenvalue weighted by molar-refractivity contribution is 7.13. The Morgan fingerprint density at radius 2 is 1.92 bits per heavy atom. The van der Waals surface area contributed by atoms with Crippen molar-refractivity contribution in [1.29, 1.82) is 0 Å². The minimum absolute atomic E-state index is 0.0473. The molecule has 0 saturated carbocycles. The van der Waals surface area contributed by atoms with Crippen molar-refractivity contribution in [3.63, 3.8) is 0 Å². The third-order valence-corrected chi connectivity index (χ3v) is 6.84. The van der Waals surface area contributed by atoms with Crippen LogP contribution in [0.1, 0.15) is 61.4 Å². The number of alkyl halides is 3. The van der Waals surface area contributed by atoms with Crippen molar-refractivity contribution in [3.8, 4) is 5.82 Å². The maximum absolute atomic E-state index is 13.1. The van der Waals surface area contributed by atoms with E-state index in [0.717, 1.165) is 29.3 Å². The molecule has 0 spiro atoms. The van der Waals surface area contributed by atoms with Crippen LogP contribution in [0.5, 0.6) is 0 Å². The molecule has 0 N–H and O–H groups in total. The van der Waals surface area contributed by atoms with Gasteiger partial charge in [0, 0.05) is 36.6 Å². The summed E-state index contributed by atoms with van der Waals surface area (Å²) < 4.78 is 41.0. The summed E-state index contributed by atoms with van der Waals surface area (Å²) in [6.07, 6.45) is 0.806. The highest BCUT2D eigenvalue weighted by Crippen LogP contribution is 2.35. The van der Waals surface area contributed by atoms with Crippen LogP contribution >= 0.6 is 22.9 Å². The number of hydrogen-bond acceptors (Lipinski definition) is 7. The van der Waals surface area contributed by atoms with Crippen molar-refractivity contribution in [2.45, 2.75) is 38.8 Å². The first-order chi connectivity index (χ1) is 17.0. The number of nitrogens with zero attached hydrogens (tertiary/aromatic N) is 5. The molecule has 4 aromatic rings. The van der Waals surface area contributed by atoms with E-state index in [2.05, 4.69) is 19.9 Å². The lowest BCUT2D eigenvalue weighted by molar-refractivity contribution is -0.137. The van der Waals surface area contributed by atoms with Crippen LogP contribution in [-0.4, -0.2) is 36.1 Å². The highest BCUT2D eigenvalue weighted by Gasteiger charge is 2.34. The number of aryl methyl sites for hydroxylation is 1. The molecule has 0 saturated heterocycles. The molecule has 0 radical (unpaired) electrons. The van der Waals surface area contributed by atoms with Crippen LogP contribution in [0, 0.1) is 6.92 Å². The van der Waals surface area contributed by atoms with Gasteiger partial charge < -0.3 is 0 Å². The molecular weight excluding hydrogens is 515 g/mol. The fourth-order valence-corrected chi connectivity index (χ4v) is 4.55. The lowest BCUT2D eigenvalue weighted by Gasteiger charge is -2.09. The van der Waals surface area contributed by atoms with E-state index in [1.54, 1.807) is 35.3 Å². The summed E-state index contributed by atoms with van der Waals surface area (Å²) in [6.45, 7) is 3.66. The monoisotopic (exact) mass is 533 g/mol. The first-order valence-corrected chi connectivity index (χ1v) is 11.9. The van der Waals surface area contributed by atoms with Gasteiger partial charge in [-0.2, -0.15) is 13.2 Å².